The number of amides is 2. The number of hydrogen-bond donors (Lipinski definition) is 1. The molecule has 1 aliphatic heterocycles. The van der Waals surface area contributed by atoms with Crippen molar-refractivity contribution in [1.82, 2.24) is 20.2 Å². The zero-order chi connectivity index (χ0) is 20.5. The van der Waals surface area contributed by atoms with Gasteiger partial charge in [0.2, 0.25) is 0 Å². The van der Waals surface area contributed by atoms with Crippen LogP contribution in [0.2, 0.25) is 0 Å². The highest BCUT2D eigenvalue weighted by Crippen LogP contribution is 2.60. The van der Waals surface area contributed by atoms with Crippen LogP contribution in [0.25, 0.3) is 0 Å². The molecule has 7 rings (SSSR count). The second-order valence-corrected chi connectivity index (χ2v) is 9.67. The van der Waals surface area contributed by atoms with Crippen molar-refractivity contribution in [2.75, 3.05) is 0 Å². The Bertz CT molecular complexity index is 1040. The van der Waals surface area contributed by atoms with E-state index >= 15 is 0 Å². The molecule has 2 amide bonds. The molecule has 3 heterocycles. The van der Waals surface area contributed by atoms with Crippen molar-refractivity contribution in [2.45, 2.75) is 56.1 Å². The molecule has 2 aromatic heterocycles. The number of carbonyl (C=O) groups is 2. The third-order valence-electron chi connectivity index (χ3n) is 7.62. The van der Waals surface area contributed by atoms with E-state index in [1.54, 1.807) is 6.20 Å². The van der Waals surface area contributed by atoms with Gasteiger partial charge in [-0.2, -0.15) is 0 Å². The number of nitrogens with zero attached hydrogens (tertiary/aromatic N) is 3. The number of nitrogens with one attached hydrogen (secondary N) is 1. The number of fused-ring (bicyclic) bond motifs is 1. The molecule has 5 aliphatic rings. The molecule has 7 heteroatoms. The van der Waals surface area contributed by atoms with Crippen LogP contribution < -0.4 is 5.32 Å². The van der Waals surface area contributed by atoms with Gasteiger partial charge in [-0.05, 0) is 74.6 Å². The van der Waals surface area contributed by atoms with Gasteiger partial charge in [0.15, 0.2) is 0 Å². The molecule has 4 saturated carbocycles. The first kappa shape index (κ1) is 18.0. The fraction of sp³-hybridized carbons (Fsp3) is 0.478. The smallest absolute Gasteiger partial charge is 0.270 e. The highest BCUT2D eigenvalue weighted by molar-refractivity contribution is 5.98. The Balaban J connectivity index is 1.31. The van der Waals surface area contributed by atoms with E-state index in [2.05, 4.69) is 15.3 Å². The van der Waals surface area contributed by atoms with Crippen molar-refractivity contribution in [3.05, 3.63) is 59.4 Å². The van der Waals surface area contributed by atoms with Crippen molar-refractivity contribution in [3.63, 3.8) is 0 Å². The summed E-state index contributed by atoms with van der Waals surface area (Å²) in [4.78, 5) is 36.6. The minimum atomic E-state index is -0.457. The van der Waals surface area contributed by atoms with Crippen LogP contribution in [0.4, 0.5) is 4.39 Å². The van der Waals surface area contributed by atoms with E-state index in [1.807, 2.05) is 17.0 Å². The first-order valence-corrected chi connectivity index (χ1v) is 10.7. The molecule has 2 unspecified atom stereocenters. The van der Waals surface area contributed by atoms with Gasteiger partial charge in [0.25, 0.3) is 11.8 Å². The lowest BCUT2D eigenvalue weighted by atomic mass is 9.49. The van der Waals surface area contributed by atoms with Crippen molar-refractivity contribution in [1.29, 1.82) is 0 Å². The van der Waals surface area contributed by atoms with Crippen LogP contribution in [0.15, 0.2) is 36.7 Å². The van der Waals surface area contributed by atoms with Gasteiger partial charge in [-0.15, -0.1) is 0 Å². The zero-order valence-corrected chi connectivity index (χ0v) is 16.6. The third kappa shape index (κ3) is 2.60. The van der Waals surface area contributed by atoms with Gasteiger partial charge in [0, 0.05) is 17.3 Å². The van der Waals surface area contributed by atoms with Crippen LogP contribution in [0.1, 0.15) is 65.1 Å². The van der Waals surface area contributed by atoms with Gasteiger partial charge in [0.1, 0.15) is 11.5 Å². The van der Waals surface area contributed by atoms with Gasteiger partial charge in [-0.25, -0.2) is 9.37 Å². The van der Waals surface area contributed by atoms with Crippen molar-refractivity contribution >= 4 is 11.8 Å². The van der Waals surface area contributed by atoms with Crippen molar-refractivity contribution in [3.8, 4) is 0 Å². The van der Waals surface area contributed by atoms with E-state index in [1.165, 1.54) is 18.6 Å². The maximum absolute atomic E-state index is 13.2. The van der Waals surface area contributed by atoms with Crippen LogP contribution in [-0.4, -0.2) is 37.8 Å². The predicted octanol–water partition coefficient (Wildman–Crippen LogP) is 3.09. The second kappa shape index (κ2) is 6.09. The summed E-state index contributed by atoms with van der Waals surface area (Å²) < 4.78 is 13.2. The first-order valence-electron chi connectivity index (χ1n) is 10.7. The molecule has 2 atom stereocenters. The molecular weight excluding hydrogens is 383 g/mol. The number of halogens is 1. The van der Waals surface area contributed by atoms with E-state index in [0.29, 0.717) is 23.9 Å². The maximum Gasteiger partial charge on any atom is 0.270 e. The number of aromatic nitrogens is 2. The highest BCUT2D eigenvalue weighted by Gasteiger charge is 2.61. The van der Waals surface area contributed by atoms with Gasteiger partial charge < -0.3 is 10.2 Å². The van der Waals surface area contributed by atoms with E-state index in [4.69, 9.17) is 0 Å². The largest absolute Gasteiger partial charge is 0.345 e. The number of carbonyl (C=O) groups excluding carboxylic acids is 2. The monoisotopic (exact) mass is 406 g/mol. The summed E-state index contributed by atoms with van der Waals surface area (Å²) in [5.41, 5.74) is 1.23. The summed E-state index contributed by atoms with van der Waals surface area (Å²) in [5, 5.41) is 3.27. The van der Waals surface area contributed by atoms with Gasteiger partial charge in [-0.1, -0.05) is 0 Å². The lowest BCUT2D eigenvalue weighted by Gasteiger charge is -2.64. The Hall–Kier alpha value is -2.83. The summed E-state index contributed by atoms with van der Waals surface area (Å²) in [6.07, 6.45) is 8.61. The molecule has 0 spiro atoms. The molecule has 154 valence electrons. The van der Waals surface area contributed by atoms with Gasteiger partial charge >= 0.3 is 0 Å². The molecule has 30 heavy (non-hydrogen) atoms. The fourth-order valence-corrected chi connectivity index (χ4v) is 7.00. The summed E-state index contributed by atoms with van der Waals surface area (Å²) in [6, 6.07) is 6.36. The van der Waals surface area contributed by atoms with Crippen LogP contribution in [0, 0.1) is 17.7 Å². The van der Waals surface area contributed by atoms with E-state index in [9.17, 15) is 14.0 Å². The molecule has 0 radical (unpaired) electrons. The Labute approximate surface area is 173 Å². The summed E-state index contributed by atoms with van der Waals surface area (Å²) in [5.74, 6) is 0.349. The molecular formula is C23H23FN4O2. The molecule has 4 fully saturated rings. The lowest BCUT2D eigenvalue weighted by Crippen LogP contribution is -2.69. The fourth-order valence-electron chi connectivity index (χ4n) is 7.00. The molecule has 1 N–H and O–H groups in total. The molecule has 0 aromatic carbocycles. The predicted molar refractivity (Wildman–Crippen MR) is 106 cm³/mol. The van der Waals surface area contributed by atoms with Crippen LogP contribution in [0.3, 0.4) is 0 Å². The zero-order valence-electron chi connectivity index (χ0n) is 16.6. The van der Waals surface area contributed by atoms with Crippen molar-refractivity contribution in [2.24, 2.45) is 11.8 Å². The van der Waals surface area contributed by atoms with Gasteiger partial charge in [-0.3, -0.25) is 14.6 Å². The minimum absolute atomic E-state index is 0.0710. The number of rotatable bonds is 3. The normalized spacial score (nSPS) is 33.6. The topological polar surface area (TPSA) is 75.2 Å². The summed E-state index contributed by atoms with van der Waals surface area (Å²) in [6.45, 7) is 0.554. The van der Waals surface area contributed by atoms with E-state index in [-0.39, 0.29) is 28.6 Å². The second-order valence-electron chi connectivity index (χ2n) is 9.67. The standard InChI is InChI=1S/C23H23FN4O2/c24-16-3-4-18(26-11-16)20(29)27-22-7-14-6-15(8-22)10-23(9-14,13-22)28-12-19-17(21(28)30)2-1-5-25-19/h1-5,11,14-15H,6-10,12-13H2,(H,27,29). The Morgan fingerprint density at radius 1 is 1.13 bits per heavy atom. The summed E-state index contributed by atoms with van der Waals surface area (Å²) in [7, 11) is 0. The molecule has 6 nitrogen and oxygen atoms in total. The molecule has 2 aromatic rings. The third-order valence-corrected chi connectivity index (χ3v) is 7.62. The first-order chi connectivity index (χ1) is 14.5. The quantitative estimate of drug-likeness (QED) is 0.850. The van der Waals surface area contributed by atoms with Gasteiger partial charge in [0.05, 0.1) is 24.0 Å². The SMILES string of the molecule is O=C(NC12CC3CC(C1)CC(N1Cc4ncccc4C1=O)(C3)C2)c1ccc(F)cn1. The number of hydrogen-bond acceptors (Lipinski definition) is 4. The molecule has 4 bridgehead atoms. The number of pyridine rings is 2. The van der Waals surface area contributed by atoms with Crippen LogP contribution in [-0.2, 0) is 6.54 Å². The van der Waals surface area contributed by atoms with E-state index in [0.717, 1.165) is 44.0 Å². The van der Waals surface area contributed by atoms with E-state index < -0.39 is 5.82 Å². The Kier molecular flexibility index (Phi) is 3.65. The lowest BCUT2D eigenvalue weighted by molar-refractivity contribution is -0.0940. The molecule has 0 saturated heterocycles. The van der Waals surface area contributed by atoms with Crippen LogP contribution in [0.5, 0.6) is 0 Å². The molecule has 4 aliphatic carbocycles. The highest BCUT2D eigenvalue weighted by atomic mass is 19.1. The Morgan fingerprint density at radius 2 is 1.93 bits per heavy atom. The minimum Gasteiger partial charge on any atom is -0.345 e. The average molecular weight is 406 g/mol. The maximum atomic E-state index is 13.2. The van der Waals surface area contributed by atoms with Crippen molar-refractivity contribution < 1.29 is 14.0 Å². The Morgan fingerprint density at radius 3 is 2.63 bits per heavy atom. The average Bonchev–Trinajstić information content (AvgIpc) is 3.05. The summed E-state index contributed by atoms with van der Waals surface area (Å²) >= 11 is 0. The van der Waals surface area contributed by atoms with Crippen LogP contribution >= 0.6 is 0 Å².